The molecule has 1 heterocycles. The molecule has 0 aliphatic carbocycles. The van der Waals surface area contributed by atoms with Crippen molar-refractivity contribution >= 4 is 16.9 Å². The lowest BCUT2D eigenvalue weighted by molar-refractivity contribution is -0.142. The summed E-state index contributed by atoms with van der Waals surface area (Å²) in [6.07, 6.45) is 0.281. The first kappa shape index (κ1) is 14.4. The summed E-state index contributed by atoms with van der Waals surface area (Å²) in [7, 11) is 2.00. The van der Waals surface area contributed by atoms with Crippen LogP contribution in [0.1, 0.15) is 12.6 Å². The quantitative estimate of drug-likeness (QED) is 0.682. The SMILES string of the molecule is CCOC(=O)Cc1c(-c2ccccc2)c2ccccc2n1C. The van der Waals surface area contributed by atoms with Crippen molar-refractivity contribution in [2.75, 3.05) is 6.61 Å². The van der Waals surface area contributed by atoms with Crippen LogP contribution in [0.15, 0.2) is 54.6 Å². The number of rotatable bonds is 4. The molecule has 1 aromatic heterocycles. The monoisotopic (exact) mass is 293 g/mol. The molecule has 0 saturated carbocycles. The van der Waals surface area contributed by atoms with Gasteiger partial charge in [0.05, 0.1) is 13.0 Å². The molecular formula is C19H19NO2. The molecule has 112 valence electrons. The van der Waals surface area contributed by atoms with Gasteiger partial charge in [0, 0.05) is 29.2 Å². The van der Waals surface area contributed by atoms with Crippen LogP contribution in [0.5, 0.6) is 0 Å². The molecule has 3 rings (SSSR count). The maximum atomic E-state index is 12.0. The number of nitrogens with zero attached hydrogens (tertiary/aromatic N) is 1. The molecule has 0 amide bonds. The Balaban J connectivity index is 2.21. The van der Waals surface area contributed by atoms with Crippen LogP contribution >= 0.6 is 0 Å². The third kappa shape index (κ3) is 2.50. The topological polar surface area (TPSA) is 31.2 Å². The number of ether oxygens (including phenoxy) is 1. The molecule has 0 radical (unpaired) electrons. The summed E-state index contributed by atoms with van der Waals surface area (Å²) in [6.45, 7) is 2.24. The van der Waals surface area contributed by atoms with Crippen molar-refractivity contribution in [2.45, 2.75) is 13.3 Å². The largest absolute Gasteiger partial charge is 0.466 e. The highest BCUT2D eigenvalue weighted by atomic mass is 16.5. The number of para-hydroxylation sites is 1. The van der Waals surface area contributed by atoms with Gasteiger partial charge < -0.3 is 9.30 Å². The summed E-state index contributed by atoms with van der Waals surface area (Å²) in [4.78, 5) is 12.0. The van der Waals surface area contributed by atoms with Crippen LogP contribution in [-0.2, 0) is 23.0 Å². The Kier molecular flexibility index (Phi) is 3.96. The number of hydrogen-bond donors (Lipinski definition) is 0. The normalized spacial score (nSPS) is 10.8. The molecule has 0 N–H and O–H groups in total. The predicted molar refractivity (Wildman–Crippen MR) is 88.7 cm³/mol. The van der Waals surface area contributed by atoms with Crippen molar-refractivity contribution in [2.24, 2.45) is 7.05 Å². The van der Waals surface area contributed by atoms with E-state index in [1.54, 1.807) is 0 Å². The van der Waals surface area contributed by atoms with Crippen LogP contribution in [0.2, 0.25) is 0 Å². The molecule has 3 nitrogen and oxygen atoms in total. The van der Waals surface area contributed by atoms with Crippen molar-refractivity contribution in [3.05, 3.63) is 60.3 Å². The number of benzene rings is 2. The van der Waals surface area contributed by atoms with Crippen molar-refractivity contribution < 1.29 is 9.53 Å². The average Bonchev–Trinajstić information content (AvgIpc) is 2.81. The summed E-state index contributed by atoms with van der Waals surface area (Å²) in [5.74, 6) is -0.189. The molecular weight excluding hydrogens is 274 g/mol. The van der Waals surface area contributed by atoms with Crippen molar-refractivity contribution in [1.29, 1.82) is 0 Å². The Hall–Kier alpha value is -2.55. The zero-order valence-corrected chi connectivity index (χ0v) is 12.9. The first-order valence-electron chi connectivity index (χ1n) is 7.49. The fraction of sp³-hybridized carbons (Fsp3) is 0.211. The van der Waals surface area contributed by atoms with Gasteiger partial charge in [-0.3, -0.25) is 4.79 Å². The van der Waals surface area contributed by atoms with E-state index in [1.807, 2.05) is 44.3 Å². The van der Waals surface area contributed by atoms with E-state index in [2.05, 4.69) is 28.8 Å². The predicted octanol–water partition coefficient (Wildman–Crippen LogP) is 3.95. The molecule has 3 heteroatoms. The Labute approximate surface area is 130 Å². The van der Waals surface area contributed by atoms with E-state index in [1.165, 1.54) is 0 Å². The molecule has 0 saturated heterocycles. The molecule has 0 aliphatic heterocycles. The highest BCUT2D eigenvalue weighted by molar-refractivity contribution is 5.99. The fourth-order valence-electron chi connectivity index (χ4n) is 2.93. The summed E-state index contributed by atoms with van der Waals surface area (Å²) >= 11 is 0. The smallest absolute Gasteiger partial charge is 0.311 e. The van der Waals surface area contributed by atoms with Gasteiger partial charge in [-0.1, -0.05) is 48.5 Å². The van der Waals surface area contributed by atoms with E-state index >= 15 is 0 Å². The van der Waals surface area contributed by atoms with Gasteiger partial charge in [0.2, 0.25) is 0 Å². The lowest BCUT2D eigenvalue weighted by Gasteiger charge is -2.08. The minimum atomic E-state index is -0.189. The number of esters is 1. The second kappa shape index (κ2) is 6.06. The highest BCUT2D eigenvalue weighted by Crippen LogP contribution is 2.34. The third-order valence-electron chi connectivity index (χ3n) is 3.91. The first-order chi connectivity index (χ1) is 10.7. The van der Waals surface area contributed by atoms with E-state index in [-0.39, 0.29) is 12.4 Å². The molecule has 2 aromatic carbocycles. The van der Waals surface area contributed by atoms with E-state index in [0.29, 0.717) is 6.61 Å². The zero-order valence-electron chi connectivity index (χ0n) is 12.9. The van der Waals surface area contributed by atoms with Gasteiger partial charge in [0.25, 0.3) is 0 Å². The molecule has 0 unspecified atom stereocenters. The van der Waals surface area contributed by atoms with E-state index in [0.717, 1.165) is 27.7 Å². The Bertz CT molecular complexity index is 803. The second-order valence-electron chi connectivity index (χ2n) is 5.25. The Morgan fingerprint density at radius 3 is 2.45 bits per heavy atom. The van der Waals surface area contributed by atoms with E-state index in [4.69, 9.17) is 4.74 Å². The standard InChI is InChI=1S/C19H19NO2/c1-3-22-18(21)13-17-19(14-9-5-4-6-10-14)15-11-7-8-12-16(15)20(17)2/h4-12H,3,13H2,1-2H3. The van der Waals surface area contributed by atoms with Crippen LogP contribution in [0, 0.1) is 0 Å². The van der Waals surface area contributed by atoms with Crippen LogP contribution < -0.4 is 0 Å². The summed E-state index contributed by atoms with van der Waals surface area (Å²) in [6, 6.07) is 18.4. The van der Waals surface area contributed by atoms with Gasteiger partial charge >= 0.3 is 5.97 Å². The molecule has 3 aromatic rings. The number of hydrogen-bond acceptors (Lipinski definition) is 2. The van der Waals surface area contributed by atoms with Gasteiger partial charge in [0.15, 0.2) is 0 Å². The van der Waals surface area contributed by atoms with Gasteiger partial charge in [-0.05, 0) is 18.6 Å². The molecule has 0 aliphatic rings. The minimum absolute atomic E-state index is 0.189. The lowest BCUT2D eigenvalue weighted by atomic mass is 10.0. The van der Waals surface area contributed by atoms with Gasteiger partial charge in [-0.2, -0.15) is 0 Å². The maximum Gasteiger partial charge on any atom is 0.311 e. The zero-order chi connectivity index (χ0) is 15.5. The van der Waals surface area contributed by atoms with Crippen LogP contribution in [0.3, 0.4) is 0 Å². The maximum absolute atomic E-state index is 12.0. The Morgan fingerprint density at radius 2 is 1.73 bits per heavy atom. The lowest BCUT2D eigenvalue weighted by Crippen LogP contribution is -2.11. The van der Waals surface area contributed by atoms with E-state index in [9.17, 15) is 4.79 Å². The number of fused-ring (bicyclic) bond motifs is 1. The van der Waals surface area contributed by atoms with Crippen molar-refractivity contribution in [3.63, 3.8) is 0 Å². The number of aryl methyl sites for hydroxylation is 1. The fourth-order valence-corrected chi connectivity index (χ4v) is 2.93. The Morgan fingerprint density at radius 1 is 1.05 bits per heavy atom. The average molecular weight is 293 g/mol. The van der Waals surface area contributed by atoms with Gasteiger partial charge in [0.1, 0.15) is 0 Å². The van der Waals surface area contributed by atoms with Crippen LogP contribution in [-0.4, -0.2) is 17.1 Å². The molecule has 0 spiro atoms. The number of carbonyl (C=O) groups excluding carboxylic acids is 1. The van der Waals surface area contributed by atoms with E-state index < -0.39 is 0 Å². The van der Waals surface area contributed by atoms with Crippen LogP contribution in [0.4, 0.5) is 0 Å². The number of aromatic nitrogens is 1. The summed E-state index contributed by atoms with van der Waals surface area (Å²) in [5.41, 5.74) is 4.36. The van der Waals surface area contributed by atoms with Gasteiger partial charge in [-0.15, -0.1) is 0 Å². The highest BCUT2D eigenvalue weighted by Gasteiger charge is 2.19. The molecule has 22 heavy (non-hydrogen) atoms. The molecule has 0 fully saturated rings. The first-order valence-corrected chi connectivity index (χ1v) is 7.49. The number of carbonyl (C=O) groups is 1. The summed E-state index contributed by atoms with van der Waals surface area (Å²) in [5, 5.41) is 1.16. The van der Waals surface area contributed by atoms with Gasteiger partial charge in [-0.25, -0.2) is 0 Å². The second-order valence-corrected chi connectivity index (χ2v) is 5.25. The third-order valence-corrected chi connectivity index (χ3v) is 3.91. The van der Waals surface area contributed by atoms with Crippen molar-refractivity contribution in [1.82, 2.24) is 4.57 Å². The van der Waals surface area contributed by atoms with Crippen LogP contribution in [0.25, 0.3) is 22.0 Å². The molecule has 0 bridgehead atoms. The summed E-state index contributed by atoms with van der Waals surface area (Å²) < 4.78 is 7.23. The minimum Gasteiger partial charge on any atom is -0.466 e. The van der Waals surface area contributed by atoms with Crippen molar-refractivity contribution in [3.8, 4) is 11.1 Å². The molecule has 0 atom stereocenters.